The minimum absolute atomic E-state index is 0.0617. The monoisotopic (exact) mass is 366 g/mol. The average Bonchev–Trinajstić information content (AvgIpc) is 2.84. The first-order chi connectivity index (χ1) is 9.16. The van der Waals surface area contributed by atoms with Gasteiger partial charge in [0.05, 0.1) is 0 Å². The fourth-order valence-electron chi connectivity index (χ4n) is 2.07. The molecule has 19 heavy (non-hydrogen) atoms. The van der Waals surface area contributed by atoms with Crippen molar-refractivity contribution in [2.45, 2.75) is 13.3 Å². The van der Waals surface area contributed by atoms with E-state index in [1.807, 2.05) is 31.2 Å². The van der Waals surface area contributed by atoms with Crippen LogP contribution < -0.4 is 5.43 Å². The summed E-state index contributed by atoms with van der Waals surface area (Å²) in [5.74, 6) is 0. The number of H-pyrrole nitrogens is 1. The number of nitrogens with zero attached hydrogens (tertiary/aromatic N) is 3. The summed E-state index contributed by atoms with van der Waals surface area (Å²) in [4.78, 5) is 12.4. The maximum Gasteiger partial charge on any atom is 0.230 e. The van der Waals surface area contributed by atoms with Crippen molar-refractivity contribution in [1.82, 2.24) is 19.8 Å². The van der Waals surface area contributed by atoms with Crippen molar-refractivity contribution in [2.24, 2.45) is 0 Å². The second kappa shape index (κ2) is 4.76. The summed E-state index contributed by atoms with van der Waals surface area (Å²) < 4.78 is 2.71. The molecule has 1 N–H and O–H groups in total. The van der Waals surface area contributed by atoms with Gasteiger partial charge in [-0.05, 0) is 41.1 Å². The maximum atomic E-state index is 12.4. The van der Waals surface area contributed by atoms with Gasteiger partial charge in [0.2, 0.25) is 11.1 Å². The molecule has 6 heteroatoms. The van der Waals surface area contributed by atoms with Crippen LogP contribution in [0.2, 0.25) is 0 Å². The molecule has 0 aliphatic rings. The molecule has 1 aromatic carbocycles. The number of halogens is 1. The molecule has 0 fully saturated rings. The summed E-state index contributed by atoms with van der Waals surface area (Å²) in [6.45, 7) is 1.89. The van der Waals surface area contributed by atoms with Crippen molar-refractivity contribution < 1.29 is 0 Å². The van der Waals surface area contributed by atoms with Crippen LogP contribution >= 0.6 is 22.6 Å². The summed E-state index contributed by atoms with van der Waals surface area (Å²) in [6, 6.07) is 8.05. The van der Waals surface area contributed by atoms with E-state index in [1.165, 1.54) is 6.33 Å². The van der Waals surface area contributed by atoms with Crippen LogP contribution in [0.5, 0.6) is 0 Å². The lowest BCUT2D eigenvalue weighted by Gasteiger charge is -2.07. The highest BCUT2D eigenvalue weighted by atomic mass is 127. The number of nitrogens with one attached hydrogen (secondary N) is 1. The van der Waals surface area contributed by atoms with Crippen LogP contribution in [0, 0.1) is 10.5 Å². The number of fused-ring (bicyclic) bond motifs is 1. The lowest BCUT2D eigenvalue weighted by molar-refractivity contribution is 0.864. The molecule has 5 nitrogen and oxygen atoms in total. The molecule has 3 rings (SSSR count). The smallest absolute Gasteiger partial charge is 0.230 e. The first kappa shape index (κ1) is 12.3. The predicted octanol–water partition coefficient (Wildman–Crippen LogP) is 1.92. The molecule has 0 saturated heterocycles. The Kier molecular flexibility index (Phi) is 3.09. The zero-order valence-electron chi connectivity index (χ0n) is 10.2. The lowest BCUT2D eigenvalue weighted by Crippen LogP contribution is -2.17. The molecule has 0 spiro atoms. The van der Waals surface area contributed by atoms with Gasteiger partial charge in [0, 0.05) is 21.2 Å². The van der Waals surface area contributed by atoms with Gasteiger partial charge in [-0.2, -0.15) is 0 Å². The van der Waals surface area contributed by atoms with E-state index >= 15 is 0 Å². The fraction of sp³-hybridized carbons (Fsp3) is 0.154. The van der Waals surface area contributed by atoms with Gasteiger partial charge in [-0.15, -0.1) is 10.2 Å². The first-order valence-corrected chi connectivity index (χ1v) is 6.89. The Morgan fingerprint density at radius 2 is 2.16 bits per heavy atom. The Hall–Kier alpha value is -1.70. The normalized spacial score (nSPS) is 11.1. The number of aryl methyl sites for hydroxylation is 1. The van der Waals surface area contributed by atoms with Crippen LogP contribution in [0.4, 0.5) is 0 Å². The quantitative estimate of drug-likeness (QED) is 0.705. The van der Waals surface area contributed by atoms with Gasteiger partial charge >= 0.3 is 0 Å². The Morgan fingerprint density at radius 3 is 2.95 bits per heavy atom. The Balaban J connectivity index is 2.15. The Bertz CT molecular complexity index is 806. The predicted molar refractivity (Wildman–Crippen MR) is 80.3 cm³/mol. The van der Waals surface area contributed by atoms with Crippen LogP contribution in [-0.4, -0.2) is 19.8 Å². The van der Waals surface area contributed by atoms with Crippen LogP contribution in [0.15, 0.2) is 35.4 Å². The van der Waals surface area contributed by atoms with Crippen molar-refractivity contribution in [3.05, 3.63) is 61.2 Å². The molecule has 0 atom stereocenters. The Morgan fingerprint density at radius 1 is 1.37 bits per heavy atom. The SMILES string of the molecule is Cc1[nH]n2cnnc2c(=O)c1Cc1ccccc1I. The van der Waals surface area contributed by atoms with E-state index in [9.17, 15) is 4.79 Å². The van der Waals surface area contributed by atoms with Crippen LogP contribution in [0.25, 0.3) is 5.65 Å². The number of aromatic amines is 1. The minimum Gasteiger partial charge on any atom is -0.295 e. The minimum atomic E-state index is -0.0617. The second-order valence-electron chi connectivity index (χ2n) is 4.34. The third kappa shape index (κ3) is 2.16. The highest BCUT2D eigenvalue weighted by Crippen LogP contribution is 2.16. The van der Waals surface area contributed by atoms with Crippen molar-refractivity contribution in [3.63, 3.8) is 0 Å². The average molecular weight is 366 g/mol. The number of hydrogen-bond donors (Lipinski definition) is 1. The number of benzene rings is 1. The molecular weight excluding hydrogens is 355 g/mol. The third-order valence-electron chi connectivity index (χ3n) is 3.09. The summed E-state index contributed by atoms with van der Waals surface area (Å²) in [6.07, 6.45) is 2.10. The second-order valence-corrected chi connectivity index (χ2v) is 5.50. The first-order valence-electron chi connectivity index (χ1n) is 5.81. The molecule has 3 aromatic rings. The van der Waals surface area contributed by atoms with Crippen LogP contribution in [0.1, 0.15) is 16.8 Å². The van der Waals surface area contributed by atoms with E-state index in [2.05, 4.69) is 37.9 Å². The summed E-state index contributed by atoms with van der Waals surface area (Å²) in [5, 5.41) is 10.7. The summed E-state index contributed by atoms with van der Waals surface area (Å²) in [5.41, 5.74) is 3.00. The fourth-order valence-corrected chi connectivity index (χ4v) is 2.65. The topological polar surface area (TPSA) is 63.1 Å². The molecule has 0 unspecified atom stereocenters. The molecule has 0 aliphatic carbocycles. The van der Waals surface area contributed by atoms with Gasteiger partial charge in [0.25, 0.3) is 0 Å². The van der Waals surface area contributed by atoms with E-state index in [-0.39, 0.29) is 5.43 Å². The number of aromatic nitrogens is 4. The molecule has 2 heterocycles. The van der Waals surface area contributed by atoms with Gasteiger partial charge in [-0.3, -0.25) is 9.89 Å². The van der Waals surface area contributed by atoms with Crippen LogP contribution in [0.3, 0.4) is 0 Å². The molecule has 0 saturated carbocycles. The van der Waals surface area contributed by atoms with Crippen molar-refractivity contribution >= 4 is 28.2 Å². The van der Waals surface area contributed by atoms with Crippen molar-refractivity contribution in [3.8, 4) is 0 Å². The zero-order valence-corrected chi connectivity index (χ0v) is 12.4. The van der Waals surface area contributed by atoms with Crippen molar-refractivity contribution in [2.75, 3.05) is 0 Å². The third-order valence-corrected chi connectivity index (χ3v) is 4.14. The van der Waals surface area contributed by atoms with Gasteiger partial charge in [-0.1, -0.05) is 18.2 Å². The number of rotatable bonds is 2. The summed E-state index contributed by atoms with van der Waals surface area (Å²) >= 11 is 2.28. The van der Waals surface area contributed by atoms with Gasteiger partial charge in [0.15, 0.2) is 0 Å². The maximum absolute atomic E-state index is 12.4. The highest BCUT2D eigenvalue weighted by molar-refractivity contribution is 14.1. The van der Waals surface area contributed by atoms with Gasteiger partial charge < -0.3 is 0 Å². The van der Waals surface area contributed by atoms with E-state index < -0.39 is 0 Å². The standard InChI is InChI=1S/C13H11IN4O/c1-8-10(6-9-4-2-3-5-11(9)14)12(19)13-16-15-7-18(13)17-8/h2-5,7,17H,6H2,1H3. The summed E-state index contributed by atoms with van der Waals surface area (Å²) in [7, 11) is 0. The molecule has 2 aromatic heterocycles. The van der Waals surface area contributed by atoms with Crippen molar-refractivity contribution in [1.29, 1.82) is 0 Å². The zero-order chi connectivity index (χ0) is 13.4. The molecule has 0 amide bonds. The van der Waals surface area contributed by atoms with E-state index in [0.29, 0.717) is 12.1 Å². The largest absolute Gasteiger partial charge is 0.295 e. The van der Waals surface area contributed by atoms with E-state index in [0.717, 1.165) is 20.4 Å². The molecule has 0 radical (unpaired) electrons. The van der Waals surface area contributed by atoms with Gasteiger partial charge in [0.1, 0.15) is 6.33 Å². The van der Waals surface area contributed by atoms with Gasteiger partial charge in [-0.25, -0.2) is 4.52 Å². The molecule has 0 aliphatic heterocycles. The van der Waals surface area contributed by atoms with Crippen LogP contribution in [-0.2, 0) is 6.42 Å². The highest BCUT2D eigenvalue weighted by Gasteiger charge is 2.12. The molecule has 0 bridgehead atoms. The van der Waals surface area contributed by atoms with E-state index in [1.54, 1.807) is 4.52 Å². The van der Waals surface area contributed by atoms with E-state index in [4.69, 9.17) is 0 Å². The molecule has 96 valence electrons. The molecular formula is C13H11IN4O. The Labute approximate surface area is 122 Å². The lowest BCUT2D eigenvalue weighted by atomic mass is 10.0. The number of hydrogen-bond acceptors (Lipinski definition) is 3.